The first kappa shape index (κ1) is 18.7. The zero-order chi connectivity index (χ0) is 17.4. The van der Waals surface area contributed by atoms with Gasteiger partial charge in [0.05, 0.1) is 6.54 Å². The lowest BCUT2D eigenvalue weighted by Crippen LogP contribution is -2.49. The van der Waals surface area contributed by atoms with Crippen LogP contribution in [-0.2, 0) is 20.8 Å². The van der Waals surface area contributed by atoms with Crippen molar-refractivity contribution < 1.29 is 19.5 Å². The van der Waals surface area contributed by atoms with Gasteiger partial charge in [0.2, 0.25) is 11.8 Å². The summed E-state index contributed by atoms with van der Waals surface area (Å²) in [5, 5.41) is 11.6. The highest BCUT2D eigenvalue weighted by Gasteiger charge is 2.24. The third-order valence-corrected chi connectivity index (χ3v) is 3.54. The lowest BCUT2D eigenvalue weighted by molar-refractivity contribution is -0.143. The van der Waals surface area contributed by atoms with E-state index in [1.54, 1.807) is 13.8 Å². The molecule has 1 unspecified atom stereocenters. The summed E-state index contributed by atoms with van der Waals surface area (Å²) in [4.78, 5) is 36.2. The van der Waals surface area contributed by atoms with Crippen molar-refractivity contribution in [3.63, 3.8) is 0 Å². The zero-order valence-electron chi connectivity index (χ0n) is 13.8. The van der Waals surface area contributed by atoms with Gasteiger partial charge in [-0.15, -0.1) is 0 Å². The molecule has 1 atom stereocenters. The van der Waals surface area contributed by atoms with Crippen molar-refractivity contribution in [3.8, 4) is 0 Å². The van der Waals surface area contributed by atoms with Crippen molar-refractivity contribution in [2.24, 2.45) is 5.92 Å². The molecular weight excluding hydrogens is 296 g/mol. The Morgan fingerprint density at radius 2 is 1.78 bits per heavy atom. The molecule has 0 bridgehead atoms. The van der Waals surface area contributed by atoms with Crippen LogP contribution in [0, 0.1) is 5.92 Å². The van der Waals surface area contributed by atoms with Gasteiger partial charge < -0.3 is 15.3 Å². The van der Waals surface area contributed by atoms with Gasteiger partial charge >= 0.3 is 5.97 Å². The second-order valence-electron chi connectivity index (χ2n) is 5.80. The van der Waals surface area contributed by atoms with Gasteiger partial charge in [0.1, 0.15) is 6.04 Å². The van der Waals surface area contributed by atoms with Crippen LogP contribution >= 0.6 is 0 Å². The van der Waals surface area contributed by atoms with E-state index in [2.05, 4.69) is 5.32 Å². The standard InChI is InChI=1S/C17H24N2O4/c1-12(2)16(17(22)23)18-15(21)11-19(13(3)20)10-9-14-7-5-4-6-8-14/h4-8,12,16H,9-11H2,1-3H3,(H,18,21)(H,22,23). The van der Waals surface area contributed by atoms with E-state index in [1.807, 2.05) is 30.3 Å². The number of amides is 2. The Morgan fingerprint density at radius 3 is 2.26 bits per heavy atom. The molecule has 0 radical (unpaired) electrons. The number of nitrogens with one attached hydrogen (secondary N) is 1. The van der Waals surface area contributed by atoms with Crippen molar-refractivity contribution in [2.45, 2.75) is 33.2 Å². The predicted octanol–water partition coefficient (Wildman–Crippen LogP) is 1.30. The van der Waals surface area contributed by atoms with Gasteiger partial charge in [-0.25, -0.2) is 4.79 Å². The molecular formula is C17H24N2O4. The summed E-state index contributed by atoms with van der Waals surface area (Å²) < 4.78 is 0. The smallest absolute Gasteiger partial charge is 0.326 e. The van der Waals surface area contributed by atoms with E-state index in [0.717, 1.165) is 5.56 Å². The molecule has 0 fully saturated rings. The largest absolute Gasteiger partial charge is 0.480 e. The summed E-state index contributed by atoms with van der Waals surface area (Å²) in [6, 6.07) is 8.71. The molecule has 0 saturated carbocycles. The monoisotopic (exact) mass is 320 g/mol. The molecule has 1 aromatic rings. The summed E-state index contributed by atoms with van der Waals surface area (Å²) in [7, 11) is 0. The van der Waals surface area contributed by atoms with Crippen molar-refractivity contribution >= 4 is 17.8 Å². The Balaban J connectivity index is 2.59. The fraction of sp³-hybridized carbons (Fsp3) is 0.471. The Bertz CT molecular complexity index is 543. The number of carboxylic acids is 1. The number of nitrogens with zero attached hydrogens (tertiary/aromatic N) is 1. The summed E-state index contributed by atoms with van der Waals surface area (Å²) in [5.74, 6) is -1.99. The Kier molecular flexibility index (Phi) is 7.25. The first-order chi connectivity index (χ1) is 10.8. The van der Waals surface area contributed by atoms with Crippen LogP contribution in [0.1, 0.15) is 26.3 Å². The molecule has 2 amide bonds. The summed E-state index contributed by atoms with van der Waals surface area (Å²) >= 11 is 0. The molecule has 6 heteroatoms. The number of rotatable bonds is 8. The highest BCUT2D eigenvalue weighted by molar-refractivity contribution is 5.87. The van der Waals surface area contributed by atoms with Gasteiger partial charge in [0.15, 0.2) is 0 Å². The molecule has 0 heterocycles. The molecule has 23 heavy (non-hydrogen) atoms. The van der Waals surface area contributed by atoms with Gasteiger partial charge in [0.25, 0.3) is 0 Å². The van der Waals surface area contributed by atoms with E-state index < -0.39 is 17.9 Å². The molecule has 0 aliphatic carbocycles. The van der Waals surface area contributed by atoms with Gasteiger partial charge in [-0.2, -0.15) is 0 Å². The minimum Gasteiger partial charge on any atom is -0.480 e. The SMILES string of the molecule is CC(=O)N(CCc1ccccc1)CC(=O)NC(C(=O)O)C(C)C. The van der Waals surface area contributed by atoms with Crippen molar-refractivity contribution in [3.05, 3.63) is 35.9 Å². The topological polar surface area (TPSA) is 86.7 Å². The van der Waals surface area contributed by atoms with Crippen LogP contribution in [0.2, 0.25) is 0 Å². The predicted molar refractivity (Wildman–Crippen MR) is 86.8 cm³/mol. The van der Waals surface area contributed by atoms with Crippen LogP contribution in [0.3, 0.4) is 0 Å². The molecule has 6 nitrogen and oxygen atoms in total. The average Bonchev–Trinajstić information content (AvgIpc) is 2.49. The molecule has 0 aliphatic rings. The number of hydrogen-bond acceptors (Lipinski definition) is 3. The van der Waals surface area contributed by atoms with Gasteiger partial charge in [-0.05, 0) is 17.9 Å². The van der Waals surface area contributed by atoms with Crippen LogP contribution < -0.4 is 5.32 Å². The Labute approximate surface area is 136 Å². The molecule has 0 aromatic heterocycles. The van der Waals surface area contributed by atoms with Crippen LogP contribution in [0.5, 0.6) is 0 Å². The average molecular weight is 320 g/mol. The number of carbonyl (C=O) groups excluding carboxylic acids is 2. The molecule has 1 aromatic carbocycles. The maximum Gasteiger partial charge on any atom is 0.326 e. The first-order valence-electron chi connectivity index (χ1n) is 7.63. The minimum atomic E-state index is -1.08. The van der Waals surface area contributed by atoms with Crippen molar-refractivity contribution in [1.29, 1.82) is 0 Å². The van der Waals surface area contributed by atoms with Crippen molar-refractivity contribution in [1.82, 2.24) is 10.2 Å². The lowest BCUT2D eigenvalue weighted by atomic mass is 10.0. The Hall–Kier alpha value is -2.37. The van der Waals surface area contributed by atoms with Crippen molar-refractivity contribution in [2.75, 3.05) is 13.1 Å². The fourth-order valence-electron chi connectivity index (χ4n) is 2.16. The highest BCUT2D eigenvalue weighted by atomic mass is 16.4. The molecule has 126 valence electrons. The second kappa shape index (κ2) is 8.92. The van der Waals surface area contributed by atoms with Crippen LogP contribution in [0.4, 0.5) is 0 Å². The molecule has 1 rings (SSSR count). The lowest BCUT2D eigenvalue weighted by Gasteiger charge is -2.23. The molecule has 0 aliphatic heterocycles. The fourth-order valence-corrected chi connectivity index (χ4v) is 2.16. The normalized spacial score (nSPS) is 11.8. The first-order valence-corrected chi connectivity index (χ1v) is 7.63. The van der Waals surface area contributed by atoms with E-state index in [1.165, 1.54) is 11.8 Å². The van der Waals surface area contributed by atoms with Crippen LogP contribution in [0.15, 0.2) is 30.3 Å². The van der Waals surface area contributed by atoms with Crippen LogP contribution in [-0.4, -0.2) is 46.9 Å². The van der Waals surface area contributed by atoms with Gasteiger partial charge in [0, 0.05) is 13.5 Å². The number of carboxylic acid groups (broad SMARTS) is 1. The number of aliphatic carboxylic acids is 1. The van der Waals surface area contributed by atoms with E-state index >= 15 is 0 Å². The van der Waals surface area contributed by atoms with Gasteiger partial charge in [-0.3, -0.25) is 9.59 Å². The van der Waals surface area contributed by atoms with Crippen LogP contribution in [0.25, 0.3) is 0 Å². The molecule has 0 saturated heterocycles. The van der Waals surface area contributed by atoms with E-state index in [9.17, 15) is 14.4 Å². The minimum absolute atomic E-state index is 0.140. The molecule has 0 spiro atoms. The maximum absolute atomic E-state index is 12.0. The second-order valence-corrected chi connectivity index (χ2v) is 5.80. The van der Waals surface area contributed by atoms with Gasteiger partial charge in [-0.1, -0.05) is 44.2 Å². The van der Waals surface area contributed by atoms with E-state index in [0.29, 0.717) is 13.0 Å². The third-order valence-electron chi connectivity index (χ3n) is 3.54. The van der Waals surface area contributed by atoms with E-state index in [4.69, 9.17) is 5.11 Å². The number of benzene rings is 1. The summed E-state index contributed by atoms with van der Waals surface area (Å²) in [6.07, 6.45) is 0.639. The molecule has 2 N–H and O–H groups in total. The third kappa shape index (κ3) is 6.50. The van der Waals surface area contributed by atoms with E-state index in [-0.39, 0.29) is 18.4 Å². The zero-order valence-corrected chi connectivity index (χ0v) is 13.8. The number of hydrogen-bond donors (Lipinski definition) is 2. The quantitative estimate of drug-likeness (QED) is 0.756. The summed E-state index contributed by atoms with van der Waals surface area (Å²) in [6.45, 7) is 5.11. The maximum atomic E-state index is 12.0. The Morgan fingerprint density at radius 1 is 1.17 bits per heavy atom. The highest BCUT2D eigenvalue weighted by Crippen LogP contribution is 2.04. The summed E-state index contributed by atoms with van der Waals surface area (Å²) in [5.41, 5.74) is 1.07. The number of carbonyl (C=O) groups is 3.